The second-order valence-corrected chi connectivity index (χ2v) is 11.6. The molecule has 0 amide bonds. The summed E-state index contributed by atoms with van der Waals surface area (Å²) >= 11 is 0. The molecular formula is C36H32N2O8. The van der Waals surface area contributed by atoms with E-state index >= 15 is 0 Å². The normalized spacial score (nSPS) is 11.4. The molecule has 0 N–H and O–H groups in total. The van der Waals surface area contributed by atoms with Crippen molar-refractivity contribution < 1.29 is 19.2 Å². The van der Waals surface area contributed by atoms with Crippen LogP contribution in [0.25, 0.3) is 32.9 Å². The van der Waals surface area contributed by atoms with E-state index in [0.29, 0.717) is 24.0 Å². The van der Waals surface area contributed by atoms with Crippen molar-refractivity contribution in [3.8, 4) is 11.4 Å². The van der Waals surface area contributed by atoms with E-state index in [4.69, 9.17) is 0 Å². The Morgan fingerprint density at radius 1 is 0.457 bits per heavy atom. The molecule has 2 heterocycles. The maximum atomic E-state index is 13.9. The summed E-state index contributed by atoms with van der Waals surface area (Å²) in [6, 6.07) is 8.54. The first-order valence-electron chi connectivity index (χ1n) is 15.1. The molecule has 0 saturated heterocycles. The Morgan fingerprint density at radius 3 is 0.891 bits per heavy atom. The van der Waals surface area contributed by atoms with Gasteiger partial charge < -0.3 is 0 Å². The predicted octanol–water partition coefficient (Wildman–Crippen LogP) is 4.61. The Kier molecular flexibility index (Phi) is 8.25. The third-order valence-corrected chi connectivity index (χ3v) is 8.27. The van der Waals surface area contributed by atoms with Crippen LogP contribution in [0, 0.1) is 0 Å². The maximum absolute atomic E-state index is 13.9. The number of carbonyl (C=O) groups excluding carboxylic acids is 4. The molecule has 0 saturated carbocycles. The van der Waals surface area contributed by atoms with E-state index in [1.807, 2.05) is 13.8 Å². The minimum Gasteiger partial charge on any atom is -0.294 e. The van der Waals surface area contributed by atoms with Gasteiger partial charge in [0.05, 0.1) is 32.9 Å². The Labute approximate surface area is 262 Å². The van der Waals surface area contributed by atoms with E-state index in [2.05, 4.69) is 0 Å². The van der Waals surface area contributed by atoms with Crippen molar-refractivity contribution in [2.24, 2.45) is 0 Å². The van der Waals surface area contributed by atoms with Gasteiger partial charge in [0.1, 0.15) is 0 Å². The molecule has 0 bridgehead atoms. The molecule has 2 aromatic heterocycles. The number of aromatic nitrogens is 2. The lowest BCUT2D eigenvalue weighted by Gasteiger charge is -2.14. The Morgan fingerprint density at radius 2 is 0.696 bits per heavy atom. The van der Waals surface area contributed by atoms with Crippen LogP contribution in [0.1, 0.15) is 107 Å². The van der Waals surface area contributed by atoms with Crippen LogP contribution in [0.5, 0.6) is 0 Å². The molecule has 5 aromatic rings. The Balaban J connectivity index is 1.88. The number of carbonyl (C=O) groups is 4. The molecule has 5 rings (SSSR count). The van der Waals surface area contributed by atoms with Crippen LogP contribution in [-0.4, -0.2) is 32.3 Å². The molecule has 0 atom stereocenters. The van der Waals surface area contributed by atoms with Gasteiger partial charge in [0, 0.05) is 22.3 Å². The number of hydrogen-bond acceptors (Lipinski definition) is 8. The molecule has 0 aliphatic carbocycles. The molecule has 0 aliphatic heterocycles. The summed E-state index contributed by atoms with van der Waals surface area (Å²) in [5.74, 6) is -1.82. The first kappa shape index (κ1) is 32.0. The zero-order valence-electron chi connectivity index (χ0n) is 26.5. The number of fused-ring (bicyclic) bond motifs is 2. The van der Waals surface area contributed by atoms with Crippen LogP contribution in [0.15, 0.2) is 55.6 Å². The number of Topliss-reactive ketones (excluding diaryl/α,β-unsaturated/α-hetero) is 4. The average Bonchev–Trinajstić information content (AvgIpc) is 3.38. The monoisotopic (exact) mass is 620 g/mol. The van der Waals surface area contributed by atoms with Gasteiger partial charge in [-0.25, -0.2) is 9.13 Å². The highest BCUT2D eigenvalue weighted by Crippen LogP contribution is 2.27. The van der Waals surface area contributed by atoms with Gasteiger partial charge in [-0.2, -0.15) is 0 Å². The summed E-state index contributed by atoms with van der Waals surface area (Å²) in [6.07, 6.45) is 2.59. The standard InChI is InChI=1S/C36H32N2O8/c1-7-9-21-11-23(17(3)39)31(24(12-21)18(4)40)37-33(43)27-15-29-30(16-28(27)34(37)44)36(46)38(35(29)45)32-25(19(5)41)13-22(10-8-2)14-26(32)20(6)42/h11-16H,7-10H2,1-6H3. The third-order valence-electron chi connectivity index (χ3n) is 8.27. The highest BCUT2D eigenvalue weighted by atomic mass is 16.2. The van der Waals surface area contributed by atoms with Crippen molar-refractivity contribution in [1.29, 1.82) is 0 Å². The Bertz CT molecular complexity index is 2070. The number of benzene rings is 3. The van der Waals surface area contributed by atoms with Gasteiger partial charge in [-0.05, 0) is 88.1 Å². The van der Waals surface area contributed by atoms with E-state index in [9.17, 15) is 38.4 Å². The van der Waals surface area contributed by atoms with Gasteiger partial charge in [0.15, 0.2) is 23.1 Å². The van der Waals surface area contributed by atoms with Crippen LogP contribution >= 0.6 is 0 Å². The van der Waals surface area contributed by atoms with Crippen LogP contribution < -0.4 is 22.2 Å². The van der Waals surface area contributed by atoms with Crippen LogP contribution in [0.4, 0.5) is 0 Å². The van der Waals surface area contributed by atoms with Crippen molar-refractivity contribution in [2.45, 2.75) is 67.2 Å². The Hall–Kier alpha value is -5.38. The fourth-order valence-corrected chi connectivity index (χ4v) is 6.19. The van der Waals surface area contributed by atoms with Crippen LogP contribution in [0.2, 0.25) is 0 Å². The second-order valence-electron chi connectivity index (χ2n) is 11.6. The van der Waals surface area contributed by atoms with Gasteiger partial charge >= 0.3 is 0 Å². The van der Waals surface area contributed by atoms with Gasteiger partial charge in [0.25, 0.3) is 22.2 Å². The van der Waals surface area contributed by atoms with Crippen LogP contribution in [-0.2, 0) is 12.8 Å². The molecule has 0 spiro atoms. The van der Waals surface area contributed by atoms with E-state index in [0.717, 1.165) is 34.1 Å². The first-order valence-corrected chi connectivity index (χ1v) is 15.1. The van der Waals surface area contributed by atoms with Crippen molar-refractivity contribution in [2.75, 3.05) is 0 Å². The number of nitrogens with zero attached hydrogens (tertiary/aromatic N) is 2. The maximum Gasteiger partial charge on any atom is 0.266 e. The smallest absolute Gasteiger partial charge is 0.266 e. The van der Waals surface area contributed by atoms with E-state index < -0.39 is 45.4 Å². The fraction of sp³-hybridized carbons (Fsp3) is 0.278. The minimum absolute atomic E-state index is 0.0246. The summed E-state index contributed by atoms with van der Waals surface area (Å²) in [4.78, 5) is 107. The molecular weight excluding hydrogens is 588 g/mol. The molecule has 10 heteroatoms. The van der Waals surface area contributed by atoms with Gasteiger partial charge in [-0.1, -0.05) is 26.7 Å². The molecule has 234 valence electrons. The molecule has 46 heavy (non-hydrogen) atoms. The molecule has 0 fully saturated rings. The summed E-state index contributed by atoms with van der Waals surface area (Å²) in [5, 5.41) is -0.758. The quantitative estimate of drug-likeness (QED) is 0.206. The van der Waals surface area contributed by atoms with Crippen LogP contribution in [0.3, 0.4) is 0 Å². The number of aryl methyl sites for hydroxylation is 2. The highest BCUT2D eigenvalue weighted by Gasteiger charge is 2.28. The topological polar surface area (TPSA) is 146 Å². The number of ketones is 4. The van der Waals surface area contributed by atoms with E-state index in [-0.39, 0.29) is 55.2 Å². The first-order chi connectivity index (χ1) is 21.7. The van der Waals surface area contributed by atoms with Gasteiger partial charge in [-0.3, -0.25) is 38.4 Å². The average molecular weight is 621 g/mol. The van der Waals surface area contributed by atoms with E-state index in [1.54, 1.807) is 24.3 Å². The lowest BCUT2D eigenvalue weighted by atomic mass is 9.96. The molecule has 0 unspecified atom stereocenters. The number of hydrogen-bond donors (Lipinski definition) is 0. The lowest BCUT2D eigenvalue weighted by Crippen LogP contribution is -2.28. The summed E-state index contributed by atoms with van der Waals surface area (Å²) in [5.41, 5.74) is -2.26. The highest BCUT2D eigenvalue weighted by molar-refractivity contribution is 6.08. The molecule has 10 nitrogen and oxygen atoms in total. The number of rotatable bonds is 10. The fourth-order valence-electron chi connectivity index (χ4n) is 6.19. The van der Waals surface area contributed by atoms with Gasteiger partial charge in [0.2, 0.25) is 0 Å². The third kappa shape index (κ3) is 4.99. The van der Waals surface area contributed by atoms with Crippen molar-refractivity contribution in [1.82, 2.24) is 9.13 Å². The molecule has 0 aliphatic rings. The zero-order chi connectivity index (χ0) is 33.8. The second kappa shape index (κ2) is 11.8. The van der Waals surface area contributed by atoms with Crippen molar-refractivity contribution in [3.05, 3.63) is 111 Å². The largest absolute Gasteiger partial charge is 0.294 e. The predicted molar refractivity (Wildman–Crippen MR) is 176 cm³/mol. The zero-order valence-corrected chi connectivity index (χ0v) is 26.5. The SMILES string of the molecule is CCCc1cc(C(C)=O)c(-n2c(=O)c3cc4c(=O)n(-c5c(C(C)=O)cc(CCC)cc5C(C)=O)c(=O)c4cc3c2=O)c(C(C)=O)c1. The lowest BCUT2D eigenvalue weighted by molar-refractivity contribution is 0.0997. The van der Waals surface area contributed by atoms with Crippen molar-refractivity contribution in [3.63, 3.8) is 0 Å². The van der Waals surface area contributed by atoms with Crippen molar-refractivity contribution >= 4 is 44.7 Å². The summed E-state index contributed by atoms with van der Waals surface area (Å²) in [7, 11) is 0. The molecule has 3 aromatic carbocycles. The summed E-state index contributed by atoms with van der Waals surface area (Å²) < 4.78 is 1.51. The van der Waals surface area contributed by atoms with E-state index in [1.165, 1.54) is 27.7 Å². The van der Waals surface area contributed by atoms with Gasteiger partial charge in [-0.15, -0.1) is 0 Å². The molecule has 0 radical (unpaired) electrons. The minimum atomic E-state index is -0.868. The summed E-state index contributed by atoms with van der Waals surface area (Å²) in [6.45, 7) is 8.97.